The van der Waals surface area contributed by atoms with Gasteiger partial charge in [-0.3, -0.25) is 4.79 Å². The molecule has 0 N–H and O–H groups in total. The van der Waals surface area contributed by atoms with Crippen LogP contribution in [0.15, 0.2) is 60.2 Å². The first kappa shape index (κ1) is 11.4. The van der Waals surface area contributed by atoms with Crippen LogP contribution in [0.5, 0.6) is 5.75 Å². The number of benzene rings is 2. The number of fused-ring (bicyclic) bond motifs is 1. The average Bonchev–Trinajstić information content (AvgIpc) is 2.45. The first-order valence-corrected chi connectivity index (χ1v) is 5.88. The van der Waals surface area contributed by atoms with E-state index in [9.17, 15) is 9.59 Å². The number of Topliss-reactive ketones (excluding diaryl/α,β-unsaturated/α-hetero) is 1. The summed E-state index contributed by atoms with van der Waals surface area (Å²) in [5, 5.41) is 0. The normalized spacial score (nSPS) is 16.1. The van der Waals surface area contributed by atoms with Gasteiger partial charge in [-0.15, -0.1) is 0 Å². The highest BCUT2D eigenvalue weighted by atomic mass is 16.5. The van der Waals surface area contributed by atoms with E-state index in [2.05, 4.69) is 0 Å². The van der Waals surface area contributed by atoms with E-state index in [1.807, 2.05) is 30.3 Å². The van der Waals surface area contributed by atoms with Crippen LogP contribution in [0.25, 0.3) is 6.08 Å². The predicted octanol–water partition coefficient (Wildman–Crippen LogP) is 2.87. The maximum atomic E-state index is 12.3. The molecular weight excluding hydrogens is 240 g/mol. The minimum absolute atomic E-state index is 0.0601. The smallest absolute Gasteiger partial charge is 0.347 e. The van der Waals surface area contributed by atoms with Gasteiger partial charge in [-0.2, -0.15) is 0 Å². The van der Waals surface area contributed by atoms with E-state index in [1.54, 1.807) is 30.3 Å². The second kappa shape index (κ2) is 4.53. The molecule has 19 heavy (non-hydrogen) atoms. The fraction of sp³-hybridized carbons (Fsp3) is 0. The Morgan fingerprint density at radius 3 is 2.32 bits per heavy atom. The summed E-state index contributed by atoms with van der Waals surface area (Å²) in [4.78, 5) is 24.1. The number of ether oxygens (including phenoxy) is 1. The third-order valence-corrected chi connectivity index (χ3v) is 2.91. The van der Waals surface area contributed by atoms with Crippen molar-refractivity contribution in [3.63, 3.8) is 0 Å². The Bertz CT molecular complexity index is 684. The lowest BCUT2D eigenvalue weighted by atomic mass is 9.98. The minimum Gasteiger partial charge on any atom is -0.422 e. The van der Waals surface area contributed by atoms with Gasteiger partial charge in [0.15, 0.2) is 0 Å². The lowest BCUT2D eigenvalue weighted by molar-refractivity contribution is -0.130. The van der Waals surface area contributed by atoms with Crippen LogP contribution in [0.1, 0.15) is 15.9 Å². The van der Waals surface area contributed by atoms with Crippen LogP contribution >= 0.6 is 0 Å². The lowest BCUT2D eigenvalue weighted by Gasteiger charge is -2.16. The molecule has 0 amide bonds. The third kappa shape index (κ3) is 2.06. The highest BCUT2D eigenvalue weighted by Crippen LogP contribution is 2.28. The molecule has 0 fully saturated rings. The zero-order chi connectivity index (χ0) is 13.2. The SMILES string of the molecule is O=C1Oc2ccccc2C(=O)C1=Cc1ccccc1. The largest absolute Gasteiger partial charge is 0.422 e. The van der Waals surface area contributed by atoms with Crippen molar-refractivity contribution in [1.29, 1.82) is 0 Å². The number of hydrogen-bond donors (Lipinski definition) is 0. The van der Waals surface area contributed by atoms with Crippen molar-refractivity contribution in [1.82, 2.24) is 0 Å². The van der Waals surface area contributed by atoms with Crippen molar-refractivity contribution in [2.45, 2.75) is 0 Å². The van der Waals surface area contributed by atoms with Crippen LogP contribution < -0.4 is 4.74 Å². The predicted molar refractivity (Wildman–Crippen MR) is 70.8 cm³/mol. The molecule has 0 saturated carbocycles. The van der Waals surface area contributed by atoms with Crippen molar-refractivity contribution in [3.8, 4) is 5.75 Å². The maximum absolute atomic E-state index is 12.3. The van der Waals surface area contributed by atoms with Gasteiger partial charge in [0.1, 0.15) is 11.3 Å². The Balaban J connectivity index is 2.07. The molecule has 3 nitrogen and oxygen atoms in total. The minimum atomic E-state index is -0.604. The Morgan fingerprint density at radius 1 is 0.842 bits per heavy atom. The van der Waals surface area contributed by atoms with Gasteiger partial charge in [0.25, 0.3) is 0 Å². The van der Waals surface area contributed by atoms with E-state index < -0.39 is 5.97 Å². The van der Waals surface area contributed by atoms with E-state index in [1.165, 1.54) is 0 Å². The average molecular weight is 250 g/mol. The van der Waals surface area contributed by atoms with Crippen molar-refractivity contribution in [2.24, 2.45) is 0 Å². The molecule has 2 aromatic carbocycles. The summed E-state index contributed by atoms with van der Waals surface area (Å²) >= 11 is 0. The van der Waals surface area contributed by atoms with Gasteiger partial charge in [-0.05, 0) is 23.8 Å². The molecule has 1 aliphatic rings. The molecule has 2 aromatic rings. The fourth-order valence-corrected chi connectivity index (χ4v) is 1.98. The first-order chi connectivity index (χ1) is 9.25. The number of para-hydroxylation sites is 1. The van der Waals surface area contributed by atoms with Crippen LogP contribution in [-0.4, -0.2) is 11.8 Å². The van der Waals surface area contributed by atoms with E-state index in [-0.39, 0.29) is 11.4 Å². The van der Waals surface area contributed by atoms with Gasteiger partial charge < -0.3 is 4.74 Å². The number of esters is 1. The van der Waals surface area contributed by atoms with Crippen molar-refractivity contribution in [3.05, 3.63) is 71.3 Å². The fourth-order valence-electron chi connectivity index (χ4n) is 1.98. The summed E-state index contributed by atoms with van der Waals surface area (Å²) in [5.74, 6) is -0.578. The van der Waals surface area contributed by atoms with Crippen LogP contribution in [0.3, 0.4) is 0 Å². The molecule has 0 aliphatic carbocycles. The molecule has 0 saturated heterocycles. The Morgan fingerprint density at radius 2 is 1.53 bits per heavy atom. The van der Waals surface area contributed by atoms with E-state index >= 15 is 0 Å². The van der Waals surface area contributed by atoms with E-state index in [0.29, 0.717) is 11.3 Å². The number of carbonyl (C=O) groups excluding carboxylic acids is 2. The van der Waals surface area contributed by atoms with Crippen molar-refractivity contribution in [2.75, 3.05) is 0 Å². The standard InChI is InChI=1S/C16H10O3/c17-15-12-8-4-5-9-14(12)19-16(18)13(15)10-11-6-2-1-3-7-11/h1-10H. The van der Waals surface area contributed by atoms with Crippen LogP contribution in [-0.2, 0) is 4.79 Å². The van der Waals surface area contributed by atoms with Crippen molar-refractivity contribution >= 4 is 17.8 Å². The van der Waals surface area contributed by atoms with Gasteiger partial charge in [0, 0.05) is 0 Å². The molecule has 1 aliphatic heterocycles. The zero-order valence-corrected chi connectivity index (χ0v) is 10.00. The molecule has 3 rings (SSSR count). The third-order valence-electron chi connectivity index (χ3n) is 2.91. The molecule has 92 valence electrons. The van der Waals surface area contributed by atoms with Crippen molar-refractivity contribution < 1.29 is 14.3 Å². The molecule has 0 unspecified atom stereocenters. The first-order valence-electron chi connectivity index (χ1n) is 5.88. The molecule has 0 spiro atoms. The van der Waals surface area contributed by atoms with Crippen LogP contribution in [0, 0.1) is 0 Å². The van der Waals surface area contributed by atoms with Crippen LogP contribution in [0.4, 0.5) is 0 Å². The zero-order valence-electron chi connectivity index (χ0n) is 10.00. The van der Waals surface area contributed by atoms with Gasteiger partial charge in [-0.1, -0.05) is 42.5 Å². The quantitative estimate of drug-likeness (QED) is 0.338. The van der Waals surface area contributed by atoms with E-state index in [0.717, 1.165) is 5.56 Å². The summed E-state index contributed by atoms with van der Waals surface area (Å²) in [6.45, 7) is 0. The van der Waals surface area contributed by atoms with Gasteiger partial charge in [-0.25, -0.2) is 4.79 Å². The summed E-state index contributed by atoms with van der Waals surface area (Å²) < 4.78 is 5.16. The van der Waals surface area contributed by atoms with Crippen LogP contribution in [0.2, 0.25) is 0 Å². The lowest BCUT2D eigenvalue weighted by Crippen LogP contribution is -2.24. The molecule has 0 radical (unpaired) electrons. The molecule has 0 bridgehead atoms. The van der Waals surface area contributed by atoms with E-state index in [4.69, 9.17) is 4.74 Å². The maximum Gasteiger partial charge on any atom is 0.347 e. The second-order valence-corrected chi connectivity index (χ2v) is 4.18. The Hall–Kier alpha value is -2.68. The Labute approximate surface area is 110 Å². The summed E-state index contributed by atoms with van der Waals surface area (Å²) in [7, 11) is 0. The number of carbonyl (C=O) groups is 2. The molecule has 1 heterocycles. The number of ketones is 1. The molecule has 0 aromatic heterocycles. The molecular formula is C16H10O3. The Kier molecular flexibility index (Phi) is 2.72. The topological polar surface area (TPSA) is 43.4 Å². The highest BCUT2D eigenvalue weighted by Gasteiger charge is 2.30. The summed E-state index contributed by atoms with van der Waals surface area (Å²) in [6.07, 6.45) is 1.56. The summed E-state index contributed by atoms with van der Waals surface area (Å²) in [5.41, 5.74) is 1.27. The number of hydrogen-bond acceptors (Lipinski definition) is 3. The van der Waals surface area contributed by atoms with Gasteiger partial charge >= 0.3 is 5.97 Å². The second-order valence-electron chi connectivity index (χ2n) is 4.18. The van der Waals surface area contributed by atoms with Gasteiger partial charge in [0.05, 0.1) is 5.56 Å². The highest BCUT2D eigenvalue weighted by molar-refractivity contribution is 6.30. The molecule has 3 heteroatoms. The van der Waals surface area contributed by atoms with Gasteiger partial charge in [0.2, 0.25) is 5.78 Å². The monoisotopic (exact) mass is 250 g/mol. The summed E-state index contributed by atoms with van der Waals surface area (Å²) in [6, 6.07) is 16.0. The number of rotatable bonds is 1. The molecule has 0 atom stereocenters.